The van der Waals surface area contributed by atoms with E-state index in [2.05, 4.69) is 50.0 Å². The highest BCUT2D eigenvalue weighted by Gasteiger charge is 2.02. The largest absolute Gasteiger partial charge is 0.352 e. The average molecular weight is 223 g/mol. The van der Waals surface area contributed by atoms with E-state index in [-0.39, 0.29) is 5.91 Å². The number of nitrogens with one attached hydrogen (secondary N) is 1. The summed E-state index contributed by atoms with van der Waals surface area (Å²) in [4.78, 5) is 11.3. The highest BCUT2D eigenvalue weighted by Crippen LogP contribution is 2.10. The molecule has 2 nitrogen and oxygen atoms in total. The monoisotopic (exact) mass is 223 g/mol. The molecule has 0 spiro atoms. The standard InChI is InChI=1S/C12H17NOS/c1-9-3-4-10(2)11(7-9)8-13-12(14)5-6-15/h3-4,7,15H,5-6,8H2,1-2H3,(H,13,14). The Labute approximate surface area is 96.5 Å². The SMILES string of the molecule is Cc1ccc(C)c(CNC(=O)CCS)c1. The van der Waals surface area contributed by atoms with Crippen LogP contribution in [-0.2, 0) is 11.3 Å². The summed E-state index contributed by atoms with van der Waals surface area (Å²) in [7, 11) is 0. The van der Waals surface area contributed by atoms with E-state index in [1.54, 1.807) is 0 Å². The van der Waals surface area contributed by atoms with Crippen LogP contribution in [0, 0.1) is 13.8 Å². The van der Waals surface area contributed by atoms with Crippen LogP contribution in [-0.4, -0.2) is 11.7 Å². The van der Waals surface area contributed by atoms with Crippen molar-refractivity contribution in [2.75, 3.05) is 5.75 Å². The van der Waals surface area contributed by atoms with Gasteiger partial charge in [0.1, 0.15) is 0 Å². The number of aryl methyl sites for hydroxylation is 2. The molecule has 0 bridgehead atoms. The van der Waals surface area contributed by atoms with Crippen LogP contribution < -0.4 is 5.32 Å². The van der Waals surface area contributed by atoms with Gasteiger partial charge < -0.3 is 5.32 Å². The Bertz CT molecular complexity index is 349. The topological polar surface area (TPSA) is 29.1 Å². The van der Waals surface area contributed by atoms with Crippen LogP contribution in [0.5, 0.6) is 0 Å². The van der Waals surface area contributed by atoms with Gasteiger partial charge >= 0.3 is 0 Å². The van der Waals surface area contributed by atoms with Crippen LogP contribution in [0.2, 0.25) is 0 Å². The smallest absolute Gasteiger partial charge is 0.221 e. The normalized spacial score (nSPS) is 10.1. The molecule has 0 radical (unpaired) electrons. The van der Waals surface area contributed by atoms with E-state index in [1.165, 1.54) is 16.7 Å². The Hall–Kier alpha value is -0.960. The molecular formula is C12H17NOS. The summed E-state index contributed by atoms with van der Waals surface area (Å²) in [6, 6.07) is 6.26. The maximum Gasteiger partial charge on any atom is 0.221 e. The third-order valence-corrected chi connectivity index (χ3v) is 2.54. The summed E-state index contributed by atoms with van der Waals surface area (Å²) in [5.41, 5.74) is 3.62. The maximum atomic E-state index is 11.3. The first-order valence-corrected chi connectivity index (χ1v) is 5.70. The Morgan fingerprint density at radius 3 is 2.80 bits per heavy atom. The fourth-order valence-corrected chi connectivity index (χ4v) is 1.58. The van der Waals surface area contributed by atoms with Crippen LogP contribution in [0.4, 0.5) is 0 Å². The van der Waals surface area contributed by atoms with Crippen molar-refractivity contribution in [3.63, 3.8) is 0 Å². The lowest BCUT2D eigenvalue weighted by Crippen LogP contribution is -2.23. The fraction of sp³-hybridized carbons (Fsp3) is 0.417. The van der Waals surface area contributed by atoms with Crippen molar-refractivity contribution in [1.82, 2.24) is 5.32 Å². The van der Waals surface area contributed by atoms with E-state index in [9.17, 15) is 4.79 Å². The molecule has 0 fully saturated rings. The Morgan fingerprint density at radius 1 is 1.40 bits per heavy atom. The molecule has 0 aliphatic carbocycles. The first-order valence-electron chi connectivity index (χ1n) is 5.07. The van der Waals surface area contributed by atoms with E-state index in [0.717, 1.165) is 0 Å². The maximum absolute atomic E-state index is 11.3. The number of hydrogen-bond donors (Lipinski definition) is 2. The molecular weight excluding hydrogens is 206 g/mol. The quantitative estimate of drug-likeness (QED) is 0.753. The molecule has 0 saturated carbocycles. The van der Waals surface area contributed by atoms with Crippen molar-refractivity contribution >= 4 is 18.5 Å². The van der Waals surface area contributed by atoms with Crippen LogP contribution in [0.25, 0.3) is 0 Å². The zero-order valence-electron chi connectivity index (χ0n) is 9.21. The molecule has 0 aliphatic rings. The van der Waals surface area contributed by atoms with E-state index < -0.39 is 0 Å². The minimum absolute atomic E-state index is 0.0610. The Morgan fingerprint density at radius 2 is 2.13 bits per heavy atom. The van der Waals surface area contributed by atoms with Crippen molar-refractivity contribution in [2.24, 2.45) is 0 Å². The Kier molecular flexibility index (Phi) is 4.69. The fourth-order valence-electron chi connectivity index (χ4n) is 1.37. The molecule has 3 heteroatoms. The lowest BCUT2D eigenvalue weighted by atomic mass is 10.1. The number of rotatable bonds is 4. The lowest BCUT2D eigenvalue weighted by molar-refractivity contribution is -0.120. The van der Waals surface area contributed by atoms with Gasteiger partial charge in [-0.1, -0.05) is 23.8 Å². The van der Waals surface area contributed by atoms with E-state index in [1.807, 2.05) is 0 Å². The number of amides is 1. The highest BCUT2D eigenvalue weighted by atomic mass is 32.1. The molecule has 1 rings (SSSR count). The van der Waals surface area contributed by atoms with Crippen molar-refractivity contribution in [2.45, 2.75) is 26.8 Å². The molecule has 82 valence electrons. The molecule has 0 heterocycles. The zero-order valence-corrected chi connectivity index (χ0v) is 10.1. The second kappa shape index (κ2) is 5.81. The first kappa shape index (κ1) is 12.1. The van der Waals surface area contributed by atoms with E-state index >= 15 is 0 Å². The first-order chi connectivity index (χ1) is 7.13. The Balaban J connectivity index is 2.57. The van der Waals surface area contributed by atoms with Crippen molar-refractivity contribution < 1.29 is 4.79 Å². The van der Waals surface area contributed by atoms with Gasteiger partial charge in [0.2, 0.25) is 5.91 Å². The summed E-state index contributed by atoms with van der Waals surface area (Å²) < 4.78 is 0. The number of carbonyl (C=O) groups excluding carboxylic acids is 1. The molecule has 0 atom stereocenters. The van der Waals surface area contributed by atoms with Crippen molar-refractivity contribution in [3.8, 4) is 0 Å². The van der Waals surface area contributed by atoms with Gasteiger partial charge in [0.15, 0.2) is 0 Å². The predicted molar refractivity (Wildman–Crippen MR) is 66.2 cm³/mol. The molecule has 1 amide bonds. The summed E-state index contributed by atoms with van der Waals surface area (Å²) in [5.74, 6) is 0.657. The van der Waals surface area contributed by atoms with Crippen molar-refractivity contribution in [3.05, 3.63) is 34.9 Å². The third-order valence-electron chi connectivity index (χ3n) is 2.32. The molecule has 1 N–H and O–H groups in total. The van der Waals surface area contributed by atoms with Gasteiger partial charge in [-0.15, -0.1) is 0 Å². The zero-order chi connectivity index (χ0) is 11.3. The summed E-state index contributed by atoms with van der Waals surface area (Å²) in [6.07, 6.45) is 0.480. The molecule has 0 saturated heterocycles. The summed E-state index contributed by atoms with van der Waals surface area (Å²) in [5, 5.41) is 2.88. The van der Waals surface area contributed by atoms with Gasteiger partial charge in [0.05, 0.1) is 0 Å². The van der Waals surface area contributed by atoms with Crippen LogP contribution in [0.15, 0.2) is 18.2 Å². The summed E-state index contributed by atoms with van der Waals surface area (Å²) in [6.45, 7) is 4.72. The minimum atomic E-state index is 0.0610. The summed E-state index contributed by atoms with van der Waals surface area (Å²) >= 11 is 4.02. The number of thiol groups is 1. The van der Waals surface area contributed by atoms with Crippen LogP contribution in [0.1, 0.15) is 23.1 Å². The second-order valence-corrected chi connectivity index (χ2v) is 4.13. The lowest BCUT2D eigenvalue weighted by Gasteiger charge is -2.08. The average Bonchev–Trinajstić information content (AvgIpc) is 2.20. The molecule has 0 aromatic heterocycles. The number of benzene rings is 1. The number of hydrogen-bond acceptors (Lipinski definition) is 2. The number of carbonyl (C=O) groups is 1. The van der Waals surface area contributed by atoms with Crippen LogP contribution >= 0.6 is 12.6 Å². The minimum Gasteiger partial charge on any atom is -0.352 e. The molecule has 0 aliphatic heterocycles. The molecule has 0 unspecified atom stereocenters. The van der Waals surface area contributed by atoms with Gasteiger partial charge in [0, 0.05) is 13.0 Å². The van der Waals surface area contributed by atoms with Crippen LogP contribution in [0.3, 0.4) is 0 Å². The van der Waals surface area contributed by atoms with Crippen molar-refractivity contribution in [1.29, 1.82) is 0 Å². The van der Waals surface area contributed by atoms with E-state index in [4.69, 9.17) is 0 Å². The second-order valence-electron chi connectivity index (χ2n) is 3.68. The van der Waals surface area contributed by atoms with Gasteiger partial charge in [0.25, 0.3) is 0 Å². The van der Waals surface area contributed by atoms with E-state index in [0.29, 0.717) is 18.7 Å². The van der Waals surface area contributed by atoms with Gasteiger partial charge in [-0.25, -0.2) is 0 Å². The molecule has 15 heavy (non-hydrogen) atoms. The van der Waals surface area contributed by atoms with Gasteiger partial charge in [-0.05, 0) is 30.7 Å². The third kappa shape index (κ3) is 3.96. The van der Waals surface area contributed by atoms with Gasteiger partial charge in [-0.2, -0.15) is 12.6 Å². The predicted octanol–water partition coefficient (Wildman–Crippen LogP) is 2.24. The molecule has 1 aromatic carbocycles. The van der Waals surface area contributed by atoms with Gasteiger partial charge in [-0.3, -0.25) is 4.79 Å². The molecule has 1 aromatic rings. The highest BCUT2D eigenvalue weighted by molar-refractivity contribution is 7.80.